The summed E-state index contributed by atoms with van der Waals surface area (Å²) in [5, 5.41) is 8.25. The summed E-state index contributed by atoms with van der Waals surface area (Å²) in [4.78, 5) is 10.7. The molecule has 0 atom stereocenters. The molecule has 0 spiro atoms. The lowest BCUT2D eigenvalue weighted by Gasteiger charge is -2.19. The number of hydrogen-bond acceptors (Lipinski definition) is 3. The van der Waals surface area contributed by atoms with Crippen molar-refractivity contribution in [2.75, 3.05) is 0 Å². The molecule has 10 heavy (non-hydrogen) atoms. The van der Waals surface area contributed by atoms with Crippen molar-refractivity contribution >= 4 is 13.5 Å². The summed E-state index contributed by atoms with van der Waals surface area (Å²) in [6.07, 6.45) is 2.74. The van der Waals surface area contributed by atoms with E-state index in [1.54, 1.807) is 0 Å². The van der Waals surface area contributed by atoms with E-state index in [1.807, 2.05) is 0 Å². The van der Waals surface area contributed by atoms with Gasteiger partial charge in [-0.15, -0.1) is 0 Å². The fourth-order valence-corrected chi connectivity index (χ4v) is 1.14. The Kier molecular flexibility index (Phi) is 2.90. The monoisotopic (exact) mass is 141 g/mol. The molecule has 0 aromatic rings. The maximum atomic E-state index is 10.7. The van der Waals surface area contributed by atoms with E-state index >= 15 is 0 Å². The summed E-state index contributed by atoms with van der Waals surface area (Å²) in [5.74, 6) is 0.304. The Bertz CT molecular complexity index is 116. The first-order chi connectivity index (χ1) is 4.83. The number of ketones is 1. The van der Waals surface area contributed by atoms with Crippen LogP contribution in [-0.4, -0.2) is 24.6 Å². The topological polar surface area (TPSA) is 46.5 Å². The van der Waals surface area contributed by atoms with Crippen LogP contribution in [0, 0.1) is 0 Å². The number of Topliss-reactive ketones (excluding diaryl/α,β-unsaturated/α-hetero) is 1. The normalized spacial score (nSPS) is 21.1. The van der Waals surface area contributed by atoms with E-state index in [0.29, 0.717) is 26.3 Å². The van der Waals surface area contributed by atoms with Crippen molar-refractivity contribution in [2.24, 2.45) is 0 Å². The third-order valence-corrected chi connectivity index (χ3v) is 1.74. The smallest absolute Gasteiger partial charge is 0.429 e. The average Bonchev–Trinajstić information content (AvgIpc) is 1.95. The highest BCUT2D eigenvalue weighted by atomic mass is 16.5. The fourth-order valence-electron chi connectivity index (χ4n) is 1.14. The van der Waals surface area contributed by atoms with Crippen LogP contribution in [0.15, 0.2) is 0 Å². The van der Waals surface area contributed by atoms with Crippen LogP contribution in [0.1, 0.15) is 25.7 Å². The van der Waals surface area contributed by atoms with E-state index in [9.17, 15) is 4.79 Å². The Labute approximate surface area is 60.7 Å². The predicted molar refractivity (Wildman–Crippen MR) is 36.3 cm³/mol. The van der Waals surface area contributed by atoms with E-state index in [2.05, 4.69) is 0 Å². The predicted octanol–water partition coefficient (Wildman–Crippen LogP) is 0.0412. The zero-order valence-electron chi connectivity index (χ0n) is 5.75. The SMILES string of the molecule is O=C1CCC(O[B]O)CC1. The van der Waals surface area contributed by atoms with Crippen LogP contribution < -0.4 is 0 Å². The van der Waals surface area contributed by atoms with Gasteiger partial charge < -0.3 is 9.68 Å². The molecule has 1 aliphatic rings. The molecule has 0 aromatic heterocycles. The molecule has 55 valence electrons. The first kappa shape index (κ1) is 7.76. The van der Waals surface area contributed by atoms with Gasteiger partial charge in [0.05, 0.1) is 0 Å². The molecule has 1 N–H and O–H groups in total. The highest BCUT2D eigenvalue weighted by Crippen LogP contribution is 2.16. The molecule has 4 heteroatoms. The fraction of sp³-hybridized carbons (Fsp3) is 0.833. The van der Waals surface area contributed by atoms with E-state index in [4.69, 9.17) is 9.68 Å². The van der Waals surface area contributed by atoms with Gasteiger partial charge in [-0.05, 0) is 12.8 Å². The molecule has 0 amide bonds. The summed E-state index contributed by atoms with van der Waals surface area (Å²) in [7, 11) is 0.709. The van der Waals surface area contributed by atoms with Crippen molar-refractivity contribution in [1.29, 1.82) is 0 Å². The summed E-state index contributed by atoms with van der Waals surface area (Å²) < 4.78 is 4.81. The van der Waals surface area contributed by atoms with Gasteiger partial charge in [-0.3, -0.25) is 4.79 Å². The molecule has 0 aromatic carbocycles. The van der Waals surface area contributed by atoms with Gasteiger partial charge in [-0.2, -0.15) is 0 Å². The lowest BCUT2D eigenvalue weighted by molar-refractivity contribution is -0.121. The highest BCUT2D eigenvalue weighted by molar-refractivity contribution is 6.15. The maximum absolute atomic E-state index is 10.7. The second-order valence-electron chi connectivity index (χ2n) is 2.48. The molecular weight excluding hydrogens is 131 g/mol. The Morgan fingerprint density at radius 3 is 2.60 bits per heavy atom. The van der Waals surface area contributed by atoms with Gasteiger partial charge in [0.1, 0.15) is 5.78 Å². The van der Waals surface area contributed by atoms with E-state index in [1.165, 1.54) is 0 Å². The minimum atomic E-state index is 0.0581. The number of carbonyl (C=O) groups is 1. The molecule has 0 saturated heterocycles. The van der Waals surface area contributed by atoms with Crippen LogP contribution in [-0.2, 0) is 9.45 Å². The van der Waals surface area contributed by atoms with Crippen LogP contribution in [0.4, 0.5) is 0 Å². The van der Waals surface area contributed by atoms with Crippen molar-refractivity contribution in [3.05, 3.63) is 0 Å². The second kappa shape index (κ2) is 3.73. The molecule has 1 aliphatic carbocycles. The number of rotatable bonds is 2. The third-order valence-electron chi connectivity index (χ3n) is 1.74. The highest BCUT2D eigenvalue weighted by Gasteiger charge is 2.18. The lowest BCUT2D eigenvalue weighted by Crippen LogP contribution is -2.22. The van der Waals surface area contributed by atoms with Crippen molar-refractivity contribution in [1.82, 2.24) is 0 Å². The second-order valence-corrected chi connectivity index (χ2v) is 2.48. The average molecular weight is 141 g/mol. The van der Waals surface area contributed by atoms with E-state index in [-0.39, 0.29) is 6.10 Å². The summed E-state index contributed by atoms with van der Waals surface area (Å²) in [5.41, 5.74) is 0. The van der Waals surface area contributed by atoms with Crippen molar-refractivity contribution in [2.45, 2.75) is 31.8 Å². The Morgan fingerprint density at radius 1 is 1.50 bits per heavy atom. The minimum absolute atomic E-state index is 0.0581. The zero-order valence-corrected chi connectivity index (χ0v) is 5.75. The number of carbonyl (C=O) groups excluding carboxylic acids is 1. The molecule has 1 saturated carbocycles. The van der Waals surface area contributed by atoms with E-state index < -0.39 is 0 Å². The maximum Gasteiger partial charge on any atom is 0.485 e. The van der Waals surface area contributed by atoms with Gasteiger partial charge in [0, 0.05) is 18.9 Å². The molecule has 0 bridgehead atoms. The van der Waals surface area contributed by atoms with Gasteiger partial charge in [0.15, 0.2) is 0 Å². The Hall–Kier alpha value is -0.345. The van der Waals surface area contributed by atoms with Crippen molar-refractivity contribution in [3.63, 3.8) is 0 Å². The Balaban J connectivity index is 2.19. The van der Waals surface area contributed by atoms with Gasteiger partial charge in [-0.1, -0.05) is 0 Å². The molecule has 0 unspecified atom stereocenters. The van der Waals surface area contributed by atoms with Crippen molar-refractivity contribution < 1.29 is 14.5 Å². The zero-order chi connectivity index (χ0) is 7.40. The molecule has 3 nitrogen and oxygen atoms in total. The number of hydrogen-bond donors (Lipinski definition) is 1. The van der Waals surface area contributed by atoms with Gasteiger partial charge >= 0.3 is 7.69 Å². The first-order valence-corrected chi connectivity index (χ1v) is 3.46. The van der Waals surface area contributed by atoms with Crippen LogP contribution in [0.2, 0.25) is 0 Å². The standard InChI is InChI=1S/C6H10BO3/c8-5-1-3-6(4-2-5)10-7-9/h6,9H,1-4H2. The summed E-state index contributed by atoms with van der Waals surface area (Å²) in [6.45, 7) is 0. The first-order valence-electron chi connectivity index (χ1n) is 3.46. The Morgan fingerprint density at radius 2 is 2.10 bits per heavy atom. The van der Waals surface area contributed by atoms with Gasteiger partial charge in [0.2, 0.25) is 0 Å². The van der Waals surface area contributed by atoms with Crippen molar-refractivity contribution in [3.8, 4) is 0 Å². The van der Waals surface area contributed by atoms with Gasteiger partial charge in [-0.25, -0.2) is 0 Å². The summed E-state index contributed by atoms with van der Waals surface area (Å²) in [6, 6.07) is 0. The lowest BCUT2D eigenvalue weighted by atomic mass is 9.96. The molecule has 1 radical (unpaired) electrons. The molecular formula is C6H10BO3. The molecule has 1 fully saturated rings. The molecule has 0 heterocycles. The van der Waals surface area contributed by atoms with Crippen LogP contribution in [0.25, 0.3) is 0 Å². The molecule has 1 rings (SSSR count). The minimum Gasteiger partial charge on any atom is -0.429 e. The van der Waals surface area contributed by atoms with Gasteiger partial charge in [0.25, 0.3) is 0 Å². The van der Waals surface area contributed by atoms with Crippen LogP contribution in [0.3, 0.4) is 0 Å². The quantitative estimate of drug-likeness (QED) is 0.552. The summed E-state index contributed by atoms with van der Waals surface area (Å²) >= 11 is 0. The third kappa shape index (κ3) is 2.12. The van der Waals surface area contributed by atoms with Crippen LogP contribution in [0.5, 0.6) is 0 Å². The molecule has 0 aliphatic heterocycles. The largest absolute Gasteiger partial charge is 0.485 e. The van der Waals surface area contributed by atoms with E-state index in [0.717, 1.165) is 12.8 Å². The van der Waals surface area contributed by atoms with Crippen LogP contribution >= 0.6 is 0 Å².